The Morgan fingerprint density at radius 3 is 2.59 bits per heavy atom. The van der Waals surface area contributed by atoms with Crippen LogP contribution >= 0.6 is 34.8 Å². The molecule has 1 aromatic carbocycles. The monoisotopic (exact) mass is 360 g/mol. The molecule has 2 heterocycles. The number of rotatable bonds is 2. The van der Waals surface area contributed by atoms with Crippen LogP contribution in [0.1, 0.15) is 18.2 Å². The van der Waals surface area contributed by atoms with Gasteiger partial charge in [-0.3, -0.25) is 0 Å². The number of benzene rings is 1. The van der Waals surface area contributed by atoms with Crippen LogP contribution in [0, 0.1) is 11.3 Å². The van der Waals surface area contributed by atoms with Crippen LogP contribution in [0.3, 0.4) is 0 Å². The highest BCUT2D eigenvalue weighted by Gasteiger charge is 2.36. The highest BCUT2D eigenvalue weighted by atomic mass is 35.5. The maximum atomic E-state index is 9.89. The minimum absolute atomic E-state index is 0.187. The molecule has 8 heteroatoms. The van der Waals surface area contributed by atoms with Crippen LogP contribution in [-0.2, 0) is 4.74 Å². The van der Waals surface area contributed by atoms with Gasteiger partial charge in [-0.1, -0.05) is 34.8 Å². The molecule has 0 radical (unpaired) electrons. The minimum atomic E-state index is -0.808. The number of hydrogen-bond donors (Lipinski definition) is 2. The summed E-state index contributed by atoms with van der Waals surface area (Å²) in [6.07, 6.45) is -1.84. The van der Waals surface area contributed by atoms with Gasteiger partial charge >= 0.3 is 0 Å². The van der Waals surface area contributed by atoms with Crippen molar-refractivity contribution >= 4 is 45.7 Å². The smallest absolute Gasteiger partial charge is 0.138 e. The van der Waals surface area contributed by atoms with Gasteiger partial charge in [0.25, 0.3) is 0 Å². The number of nitriles is 1. The number of aliphatic hydroxyl groups excluding tert-OH is 2. The number of fused-ring (bicyclic) bond motifs is 1. The van der Waals surface area contributed by atoms with Crippen molar-refractivity contribution in [1.82, 2.24) is 4.57 Å². The van der Waals surface area contributed by atoms with Gasteiger partial charge in [-0.05, 0) is 12.1 Å². The van der Waals surface area contributed by atoms with E-state index >= 15 is 0 Å². The standard InChI is InChI=1S/C14H11Cl3N2O3/c15-8-1-6-7(4-18)14(17)19(10(6)2-9(8)16)13-3-11(21)12(5-20)22-13/h1-2,11-13,20-21H,3,5H2/t11-,12+,13+/m0/s1. The molecule has 0 unspecified atom stereocenters. The van der Waals surface area contributed by atoms with Crippen LogP contribution < -0.4 is 0 Å². The average molecular weight is 362 g/mol. The first-order valence-electron chi connectivity index (χ1n) is 6.50. The molecule has 0 amide bonds. The van der Waals surface area contributed by atoms with Gasteiger partial charge in [0.15, 0.2) is 0 Å². The van der Waals surface area contributed by atoms with Gasteiger partial charge in [-0.2, -0.15) is 5.26 Å². The Bertz CT molecular complexity index is 784. The van der Waals surface area contributed by atoms with Crippen molar-refractivity contribution in [2.24, 2.45) is 0 Å². The summed E-state index contributed by atoms with van der Waals surface area (Å²) in [5, 5.41) is 29.8. The van der Waals surface area contributed by atoms with E-state index in [-0.39, 0.29) is 23.7 Å². The maximum Gasteiger partial charge on any atom is 0.138 e. The van der Waals surface area contributed by atoms with Crippen LogP contribution in [0.25, 0.3) is 10.9 Å². The van der Waals surface area contributed by atoms with Crippen LogP contribution in [0.15, 0.2) is 12.1 Å². The highest BCUT2D eigenvalue weighted by molar-refractivity contribution is 6.43. The topological polar surface area (TPSA) is 78.4 Å². The second kappa shape index (κ2) is 5.89. The summed E-state index contributed by atoms with van der Waals surface area (Å²) in [6.45, 7) is -0.299. The highest BCUT2D eigenvalue weighted by Crippen LogP contribution is 2.40. The number of nitrogens with zero attached hydrogens (tertiary/aromatic N) is 2. The Morgan fingerprint density at radius 1 is 1.32 bits per heavy atom. The summed E-state index contributed by atoms with van der Waals surface area (Å²) in [4.78, 5) is 0. The zero-order valence-corrected chi connectivity index (χ0v) is 13.4. The molecule has 1 aromatic heterocycles. The lowest BCUT2D eigenvalue weighted by molar-refractivity contribution is -0.0428. The summed E-state index contributed by atoms with van der Waals surface area (Å²) in [5.41, 5.74) is 0.854. The molecule has 2 N–H and O–H groups in total. The fourth-order valence-electron chi connectivity index (χ4n) is 2.70. The molecule has 3 atom stereocenters. The summed E-state index contributed by atoms with van der Waals surface area (Å²) in [6, 6.07) is 5.23. The molecule has 1 aliphatic heterocycles. The van der Waals surface area contributed by atoms with Gasteiger partial charge in [-0.25, -0.2) is 0 Å². The van der Waals surface area contributed by atoms with Crippen molar-refractivity contribution in [1.29, 1.82) is 5.26 Å². The van der Waals surface area contributed by atoms with E-state index in [1.807, 2.05) is 6.07 Å². The van der Waals surface area contributed by atoms with Crippen molar-refractivity contribution in [2.45, 2.75) is 24.9 Å². The van der Waals surface area contributed by atoms with Crippen molar-refractivity contribution in [3.63, 3.8) is 0 Å². The molecule has 1 fully saturated rings. The Morgan fingerprint density at radius 2 is 2.00 bits per heavy atom. The van der Waals surface area contributed by atoms with Crippen molar-refractivity contribution in [2.75, 3.05) is 6.61 Å². The minimum Gasteiger partial charge on any atom is -0.394 e. The second-order valence-electron chi connectivity index (χ2n) is 5.05. The summed E-state index contributed by atoms with van der Waals surface area (Å²) in [5.74, 6) is 0. The van der Waals surface area contributed by atoms with Gasteiger partial charge in [0.1, 0.15) is 23.6 Å². The first kappa shape index (κ1) is 15.9. The van der Waals surface area contributed by atoms with Crippen LogP contribution in [0.5, 0.6) is 0 Å². The largest absolute Gasteiger partial charge is 0.394 e. The fourth-order valence-corrected chi connectivity index (χ4v) is 3.36. The molecule has 1 saturated heterocycles. The first-order chi connectivity index (χ1) is 10.5. The van der Waals surface area contributed by atoms with Crippen LogP contribution in [0.4, 0.5) is 0 Å². The number of ether oxygens (including phenoxy) is 1. The molecule has 116 valence electrons. The second-order valence-corrected chi connectivity index (χ2v) is 6.22. The Labute approximate surface area is 141 Å². The van der Waals surface area contributed by atoms with Crippen LogP contribution in [0.2, 0.25) is 15.2 Å². The lowest BCUT2D eigenvalue weighted by Crippen LogP contribution is -2.24. The lowest BCUT2D eigenvalue weighted by Gasteiger charge is -2.16. The predicted molar refractivity (Wildman–Crippen MR) is 83.3 cm³/mol. The van der Waals surface area contributed by atoms with E-state index in [4.69, 9.17) is 39.5 Å². The van der Waals surface area contributed by atoms with Crippen molar-refractivity contribution in [3.05, 3.63) is 32.9 Å². The van der Waals surface area contributed by atoms with E-state index in [1.54, 1.807) is 16.7 Å². The van der Waals surface area contributed by atoms with Crippen molar-refractivity contribution < 1.29 is 14.9 Å². The third-order valence-corrected chi connectivity index (χ3v) is 4.86. The quantitative estimate of drug-likeness (QED) is 0.861. The zero-order valence-electron chi connectivity index (χ0n) is 11.1. The third kappa shape index (κ3) is 2.37. The number of halogens is 3. The average Bonchev–Trinajstić information content (AvgIpc) is 2.96. The Kier molecular flexibility index (Phi) is 4.25. The maximum absolute atomic E-state index is 9.89. The zero-order chi connectivity index (χ0) is 16.0. The predicted octanol–water partition coefficient (Wildman–Crippen LogP) is 3.11. The molecule has 2 aromatic rings. The SMILES string of the molecule is N#Cc1c(Cl)n([C@H]2C[C@H](O)[C@@H](CO)O2)c2cc(Cl)c(Cl)cc12. The fraction of sp³-hybridized carbons (Fsp3) is 0.357. The summed E-state index contributed by atoms with van der Waals surface area (Å²) < 4.78 is 7.21. The van der Waals surface area contributed by atoms with Gasteiger partial charge in [-0.15, -0.1) is 0 Å². The number of hydrogen-bond acceptors (Lipinski definition) is 4. The summed E-state index contributed by atoms with van der Waals surface area (Å²) in [7, 11) is 0. The Balaban J connectivity index is 2.20. The van der Waals surface area contributed by atoms with E-state index in [0.29, 0.717) is 20.9 Å². The molecule has 0 spiro atoms. The number of aromatic nitrogens is 1. The van der Waals surface area contributed by atoms with Crippen molar-refractivity contribution in [3.8, 4) is 6.07 Å². The van der Waals surface area contributed by atoms with Gasteiger partial charge in [0.05, 0.1) is 33.8 Å². The first-order valence-corrected chi connectivity index (χ1v) is 7.64. The Hall–Kier alpha value is -1.000. The van der Waals surface area contributed by atoms with Gasteiger partial charge in [0, 0.05) is 11.8 Å². The molecule has 0 saturated carbocycles. The third-order valence-electron chi connectivity index (χ3n) is 3.77. The molecule has 0 bridgehead atoms. The van der Waals surface area contributed by atoms with Gasteiger partial charge in [0.2, 0.25) is 0 Å². The van der Waals surface area contributed by atoms with E-state index in [9.17, 15) is 15.5 Å². The molecule has 3 rings (SSSR count). The van der Waals surface area contributed by atoms with Crippen LogP contribution in [-0.4, -0.2) is 33.6 Å². The lowest BCUT2D eigenvalue weighted by atomic mass is 10.2. The summed E-state index contributed by atoms with van der Waals surface area (Å²) >= 11 is 18.4. The molecular formula is C14H11Cl3N2O3. The molecular weight excluding hydrogens is 351 g/mol. The normalized spacial score (nSPS) is 24.8. The van der Waals surface area contributed by atoms with E-state index in [0.717, 1.165) is 0 Å². The van der Waals surface area contributed by atoms with E-state index < -0.39 is 18.4 Å². The molecule has 1 aliphatic rings. The van der Waals surface area contributed by atoms with E-state index in [2.05, 4.69) is 0 Å². The van der Waals surface area contributed by atoms with Gasteiger partial charge < -0.3 is 19.5 Å². The number of aliphatic hydroxyl groups is 2. The van der Waals surface area contributed by atoms with E-state index in [1.165, 1.54) is 0 Å². The molecule has 5 nitrogen and oxygen atoms in total. The molecule has 0 aliphatic carbocycles. The molecule has 22 heavy (non-hydrogen) atoms.